The predicted molar refractivity (Wildman–Crippen MR) is 97.7 cm³/mol. The van der Waals surface area contributed by atoms with E-state index in [9.17, 15) is 4.79 Å². The average Bonchev–Trinajstić information content (AvgIpc) is 3.31. The number of carbonyl (C=O) groups excluding carboxylic acids is 1. The number of thiophene rings is 1. The number of piperidine rings is 1. The Labute approximate surface area is 156 Å². The van der Waals surface area contributed by atoms with Gasteiger partial charge in [-0.2, -0.15) is 0 Å². The van der Waals surface area contributed by atoms with Crippen molar-refractivity contribution in [3.8, 4) is 11.5 Å². The highest BCUT2D eigenvalue weighted by Gasteiger charge is 2.42. The SMILES string of the molecule is O=C(Cc1ccc2c(c1)OCO2)N1CCC2(CC1)OCCc1ccsc12. The Kier molecular flexibility index (Phi) is 3.90. The largest absolute Gasteiger partial charge is 0.454 e. The lowest BCUT2D eigenvalue weighted by Crippen LogP contribution is -2.48. The summed E-state index contributed by atoms with van der Waals surface area (Å²) in [6.45, 7) is 2.54. The minimum Gasteiger partial charge on any atom is -0.454 e. The van der Waals surface area contributed by atoms with Gasteiger partial charge in [0.05, 0.1) is 13.0 Å². The Morgan fingerprint density at radius 1 is 1.15 bits per heavy atom. The van der Waals surface area contributed by atoms with Crippen molar-refractivity contribution >= 4 is 17.2 Å². The monoisotopic (exact) mass is 371 g/mol. The van der Waals surface area contributed by atoms with Gasteiger partial charge in [0.25, 0.3) is 0 Å². The van der Waals surface area contributed by atoms with E-state index in [2.05, 4.69) is 11.4 Å². The number of hydrogen-bond acceptors (Lipinski definition) is 5. The van der Waals surface area contributed by atoms with Gasteiger partial charge in [-0.15, -0.1) is 11.3 Å². The summed E-state index contributed by atoms with van der Waals surface area (Å²) >= 11 is 1.80. The highest BCUT2D eigenvalue weighted by atomic mass is 32.1. The summed E-state index contributed by atoms with van der Waals surface area (Å²) < 4.78 is 17.0. The number of likely N-dealkylation sites (tertiary alicyclic amines) is 1. The smallest absolute Gasteiger partial charge is 0.231 e. The molecular formula is C20H21NO4S. The molecule has 1 aromatic heterocycles. The Morgan fingerprint density at radius 3 is 2.88 bits per heavy atom. The first-order chi connectivity index (χ1) is 12.7. The van der Waals surface area contributed by atoms with Crippen LogP contribution in [0.25, 0.3) is 0 Å². The van der Waals surface area contributed by atoms with Gasteiger partial charge in [-0.3, -0.25) is 4.79 Å². The molecular weight excluding hydrogens is 350 g/mol. The summed E-state index contributed by atoms with van der Waals surface area (Å²) in [4.78, 5) is 16.1. The normalized spacial score (nSPS) is 20.2. The van der Waals surface area contributed by atoms with Crippen LogP contribution in [0.15, 0.2) is 29.6 Å². The fourth-order valence-electron chi connectivity index (χ4n) is 4.18. The molecule has 1 saturated heterocycles. The van der Waals surface area contributed by atoms with Crippen molar-refractivity contribution in [1.82, 2.24) is 4.90 Å². The van der Waals surface area contributed by atoms with E-state index in [1.807, 2.05) is 23.1 Å². The molecule has 0 unspecified atom stereocenters. The first-order valence-electron chi connectivity index (χ1n) is 9.11. The lowest BCUT2D eigenvalue weighted by atomic mass is 9.85. The third-order valence-corrected chi connectivity index (χ3v) is 6.77. The Hall–Kier alpha value is -2.05. The molecule has 26 heavy (non-hydrogen) atoms. The lowest BCUT2D eigenvalue weighted by molar-refractivity contribution is -0.139. The van der Waals surface area contributed by atoms with Crippen molar-refractivity contribution in [1.29, 1.82) is 0 Å². The molecule has 0 aliphatic carbocycles. The first kappa shape index (κ1) is 16.1. The molecule has 0 saturated carbocycles. The fraction of sp³-hybridized carbons (Fsp3) is 0.450. The molecule has 3 aliphatic heterocycles. The molecule has 0 atom stereocenters. The molecule has 5 nitrogen and oxygen atoms in total. The zero-order valence-electron chi connectivity index (χ0n) is 14.5. The Balaban J connectivity index is 1.25. The van der Waals surface area contributed by atoms with E-state index in [4.69, 9.17) is 14.2 Å². The number of rotatable bonds is 2. The molecule has 6 heteroatoms. The maximum absolute atomic E-state index is 12.8. The van der Waals surface area contributed by atoms with E-state index in [0.717, 1.165) is 56.0 Å². The quantitative estimate of drug-likeness (QED) is 0.814. The molecule has 1 fully saturated rings. The third kappa shape index (κ3) is 2.68. The van der Waals surface area contributed by atoms with Crippen LogP contribution in [0.5, 0.6) is 11.5 Å². The molecule has 0 radical (unpaired) electrons. The molecule has 5 rings (SSSR count). The zero-order chi connectivity index (χ0) is 17.6. The zero-order valence-corrected chi connectivity index (χ0v) is 15.3. The molecule has 1 amide bonds. The number of carbonyl (C=O) groups is 1. The van der Waals surface area contributed by atoms with Crippen molar-refractivity contribution in [2.75, 3.05) is 26.5 Å². The second kappa shape index (κ2) is 6.28. The fourth-order valence-corrected chi connectivity index (χ4v) is 5.35. The molecule has 0 N–H and O–H groups in total. The van der Waals surface area contributed by atoms with Crippen LogP contribution in [-0.4, -0.2) is 37.3 Å². The summed E-state index contributed by atoms with van der Waals surface area (Å²) in [5.41, 5.74) is 2.23. The number of hydrogen-bond donors (Lipinski definition) is 0. The number of benzene rings is 1. The van der Waals surface area contributed by atoms with E-state index < -0.39 is 0 Å². The molecule has 4 heterocycles. The van der Waals surface area contributed by atoms with Gasteiger partial charge in [0.15, 0.2) is 11.5 Å². The Morgan fingerprint density at radius 2 is 2.00 bits per heavy atom. The van der Waals surface area contributed by atoms with Gasteiger partial charge in [-0.25, -0.2) is 0 Å². The minimum absolute atomic E-state index is 0.168. The minimum atomic E-state index is -0.169. The maximum atomic E-state index is 12.8. The van der Waals surface area contributed by atoms with Crippen LogP contribution in [0.2, 0.25) is 0 Å². The topological polar surface area (TPSA) is 48.0 Å². The van der Waals surface area contributed by atoms with E-state index in [-0.39, 0.29) is 18.3 Å². The van der Waals surface area contributed by atoms with Crippen molar-refractivity contribution in [3.05, 3.63) is 45.6 Å². The number of nitrogens with zero attached hydrogens (tertiary/aromatic N) is 1. The highest BCUT2D eigenvalue weighted by Crippen LogP contribution is 2.44. The van der Waals surface area contributed by atoms with Crippen LogP contribution in [0.3, 0.4) is 0 Å². The molecule has 1 aromatic carbocycles. The number of fused-ring (bicyclic) bond motifs is 3. The molecule has 2 aromatic rings. The second-order valence-corrected chi connectivity index (χ2v) is 8.03. The van der Waals surface area contributed by atoms with E-state index in [1.54, 1.807) is 11.3 Å². The third-order valence-electron chi connectivity index (χ3n) is 5.63. The Bertz CT molecular complexity index is 838. The van der Waals surface area contributed by atoms with Crippen LogP contribution >= 0.6 is 11.3 Å². The second-order valence-electron chi connectivity index (χ2n) is 7.11. The number of ether oxygens (including phenoxy) is 3. The molecule has 1 spiro atoms. The standard InChI is InChI=1S/C20H21NO4S/c22-18(12-14-1-2-16-17(11-14)24-13-23-16)21-7-5-20(6-8-21)19-15(3-9-25-20)4-10-26-19/h1-2,4,10-11H,3,5-9,12-13H2. The van der Waals surface area contributed by atoms with Gasteiger partial charge in [0, 0.05) is 18.0 Å². The number of amides is 1. The van der Waals surface area contributed by atoms with Gasteiger partial charge < -0.3 is 19.1 Å². The van der Waals surface area contributed by atoms with Gasteiger partial charge in [0.1, 0.15) is 5.60 Å². The van der Waals surface area contributed by atoms with Crippen LogP contribution in [-0.2, 0) is 28.0 Å². The molecule has 0 bridgehead atoms. The van der Waals surface area contributed by atoms with Gasteiger partial charge in [-0.1, -0.05) is 6.07 Å². The van der Waals surface area contributed by atoms with E-state index in [0.29, 0.717) is 6.42 Å². The molecule has 3 aliphatic rings. The summed E-state index contributed by atoms with van der Waals surface area (Å²) in [7, 11) is 0. The van der Waals surface area contributed by atoms with E-state index >= 15 is 0 Å². The van der Waals surface area contributed by atoms with Crippen molar-refractivity contribution in [2.45, 2.75) is 31.3 Å². The molecule has 136 valence electrons. The van der Waals surface area contributed by atoms with Crippen molar-refractivity contribution in [2.24, 2.45) is 0 Å². The van der Waals surface area contributed by atoms with Crippen LogP contribution in [0.4, 0.5) is 0 Å². The van der Waals surface area contributed by atoms with Crippen LogP contribution in [0.1, 0.15) is 28.8 Å². The summed E-state index contributed by atoms with van der Waals surface area (Å²) in [5, 5.41) is 2.16. The summed E-state index contributed by atoms with van der Waals surface area (Å²) in [5.74, 6) is 1.65. The lowest BCUT2D eigenvalue weighted by Gasteiger charge is -2.43. The van der Waals surface area contributed by atoms with Crippen LogP contribution < -0.4 is 9.47 Å². The average molecular weight is 371 g/mol. The van der Waals surface area contributed by atoms with Crippen molar-refractivity contribution < 1.29 is 19.0 Å². The first-order valence-corrected chi connectivity index (χ1v) is 9.99. The highest BCUT2D eigenvalue weighted by molar-refractivity contribution is 7.10. The summed E-state index contributed by atoms with van der Waals surface area (Å²) in [6.07, 6.45) is 3.17. The van der Waals surface area contributed by atoms with Gasteiger partial charge >= 0.3 is 0 Å². The van der Waals surface area contributed by atoms with Crippen molar-refractivity contribution in [3.63, 3.8) is 0 Å². The van der Waals surface area contributed by atoms with E-state index in [1.165, 1.54) is 10.4 Å². The van der Waals surface area contributed by atoms with Crippen LogP contribution in [0, 0.1) is 0 Å². The summed E-state index contributed by atoms with van der Waals surface area (Å²) in [6, 6.07) is 7.96. The van der Waals surface area contributed by atoms with Gasteiger partial charge in [-0.05, 0) is 54.0 Å². The maximum Gasteiger partial charge on any atom is 0.231 e. The van der Waals surface area contributed by atoms with Gasteiger partial charge in [0.2, 0.25) is 12.7 Å². The predicted octanol–water partition coefficient (Wildman–Crippen LogP) is 3.11.